The first kappa shape index (κ1) is 26.5. The van der Waals surface area contributed by atoms with Gasteiger partial charge in [-0.1, -0.05) is 54.8 Å². The zero-order chi connectivity index (χ0) is 26.6. The SMILES string of the molecule is Cc1ccc(C)c(Cn2cnc3c2CN(C(=O)CSc2ccccc2)C(C(=O)NC2CCCCC2N)C3)c1. The largest absolute Gasteiger partial charge is 0.350 e. The van der Waals surface area contributed by atoms with Gasteiger partial charge in [0.1, 0.15) is 6.04 Å². The van der Waals surface area contributed by atoms with Crippen molar-refractivity contribution in [1.29, 1.82) is 0 Å². The number of thioether (sulfide) groups is 1. The van der Waals surface area contributed by atoms with E-state index in [1.807, 2.05) is 36.7 Å². The van der Waals surface area contributed by atoms with Crippen LogP contribution in [0.15, 0.2) is 59.8 Å². The van der Waals surface area contributed by atoms with Crippen LogP contribution in [0.25, 0.3) is 0 Å². The molecule has 1 aromatic heterocycles. The maximum Gasteiger partial charge on any atom is 0.243 e. The summed E-state index contributed by atoms with van der Waals surface area (Å²) in [7, 11) is 0. The quantitative estimate of drug-likeness (QED) is 0.450. The molecule has 1 saturated carbocycles. The van der Waals surface area contributed by atoms with Crippen LogP contribution in [-0.2, 0) is 29.1 Å². The third-order valence-corrected chi connectivity index (χ3v) is 8.83. The minimum Gasteiger partial charge on any atom is -0.350 e. The average Bonchev–Trinajstić information content (AvgIpc) is 3.32. The van der Waals surface area contributed by atoms with Crippen LogP contribution in [0.3, 0.4) is 0 Å². The Kier molecular flexibility index (Phi) is 8.19. The molecule has 5 rings (SSSR count). The summed E-state index contributed by atoms with van der Waals surface area (Å²) in [6, 6.07) is 15.7. The molecule has 0 spiro atoms. The molecule has 3 unspecified atom stereocenters. The molecule has 7 nitrogen and oxygen atoms in total. The fourth-order valence-corrected chi connectivity index (χ4v) is 6.32. The van der Waals surface area contributed by atoms with Crippen LogP contribution >= 0.6 is 11.8 Å². The molecule has 3 N–H and O–H groups in total. The molecule has 0 saturated heterocycles. The summed E-state index contributed by atoms with van der Waals surface area (Å²) >= 11 is 1.50. The van der Waals surface area contributed by atoms with Gasteiger partial charge in [-0.3, -0.25) is 9.59 Å². The third-order valence-electron chi connectivity index (χ3n) is 7.84. The van der Waals surface area contributed by atoms with E-state index in [4.69, 9.17) is 10.7 Å². The van der Waals surface area contributed by atoms with Crippen LogP contribution in [0.4, 0.5) is 0 Å². The number of benzene rings is 2. The van der Waals surface area contributed by atoms with Gasteiger partial charge in [0.2, 0.25) is 11.8 Å². The molecule has 1 aliphatic heterocycles. The molecular weight excluding hydrogens is 494 g/mol. The van der Waals surface area contributed by atoms with Crippen LogP contribution in [-0.4, -0.2) is 50.1 Å². The lowest BCUT2D eigenvalue weighted by molar-refractivity contribution is -0.140. The van der Waals surface area contributed by atoms with E-state index in [1.54, 1.807) is 4.90 Å². The number of aryl methyl sites for hydroxylation is 2. The number of nitrogens with one attached hydrogen (secondary N) is 1. The number of fused-ring (bicyclic) bond motifs is 1. The van der Waals surface area contributed by atoms with Crippen molar-refractivity contribution in [3.63, 3.8) is 0 Å². The van der Waals surface area contributed by atoms with Gasteiger partial charge >= 0.3 is 0 Å². The van der Waals surface area contributed by atoms with Crippen LogP contribution in [0.1, 0.15) is 53.8 Å². The molecule has 2 amide bonds. The van der Waals surface area contributed by atoms with E-state index in [1.165, 1.54) is 28.5 Å². The lowest BCUT2D eigenvalue weighted by Gasteiger charge is -2.37. The van der Waals surface area contributed by atoms with E-state index in [9.17, 15) is 9.59 Å². The molecule has 2 heterocycles. The van der Waals surface area contributed by atoms with E-state index in [2.05, 4.69) is 41.9 Å². The Hall–Kier alpha value is -3.10. The lowest BCUT2D eigenvalue weighted by atomic mass is 9.90. The normalized spacial score (nSPS) is 21.1. The molecular formula is C30H37N5O2S. The molecule has 38 heavy (non-hydrogen) atoms. The Bertz CT molecular complexity index is 1290. The molecule has 3 atom stereocenters. The number of nitrogens with two attached hydrogens (primary N) is 1. The van der Waals surface area contributed by atoms with Crippen molar-refractivity contribution in [2.75, 3.05) is 5.75 Å². The maximum atomic E-state index is 13.6. The Labute approximate surface area is 229 Å². The first-order valence-corrected chi connectivity index (χ1v) is 14.5. The predicted octanol–water partition coefficient (Wildman–Crippen LogP) is 3.98. The number of imidazole rings is 1. The maximum absolute atomic E-state index is 13.6. The number of hydrogen-bond donors (Lipinski definition) is 2. The summed E-state index contributed by atoms with van der Waals surface area (Å²) in [6.07, 6.45) is 6.22. The molecule has 2 aliphatic rings. The third kappa shape index (κ3) is 5.97. The highest BCUT2D eigenvalue weighted by Crippen LogP contribution is 2.27. The van der Waals surface area contributed by atoms with Gasteiger partial charge in [-0.2, -0.15) is 0 Å². The number of amides is 2. The first-order valence-electron chi connectivity index (χ1n) is 13.5. The van der Waals surface area contributed by atoms with Gasteiger partial charge in [-0.05, 0) is 49.9 Å². The highest BCUT2D eigenvalue weighted by atomic mass is 32.2. The zero-order valence-electron chi connectivity index (χ0n) is 22.2. The lowest BCUT2D eigenvalue weighted by Crippen LogP contribution is -2.58. The highest BCUT2D eigenvalue weighted by Gasteiger charge is 2.38. The van der Waals surface area contributed by atoms with Gasteiger partial charge in [0.25, 0.3) is 0 Å². The smallest absolute Gasteiger partial charge is 0.243 e. The first-order chi connectivity index (χ1) is 18.4. The second kappa shape index (κ2) is 11.7. The van der Waals surface area contributed by atoms with Gasteiger partial charge < -0.3 is 20.5 Å². The van der Waals surface area contributed by atoms with Crippen molar-refractivity contribution in [3.05, 3.63) is 82.9 Å². The van der Waals surface area contributed by atoms with Crippen molar-refractivity contribution in [2.45, 2.75) is 82.1 Å². The average molecular weight is 532 g/mol. The molecule has 8 heteroatoms. The van der Waals surface area contributed by atoms with E-state index in [0.29, 0.717) is 19.5 Å². The molecule has 0 radical (unpaired) electrons. The Morgan fingerprint density at radius 3 is 2.68 bits per heavy atom. The van der Waals surface area contributed by atoms with Gasteiger partial charge in [-0.25, -0.2) is 4.98 Å². The number of hydrogen-bond acceptors (Lipinski definition) is 5. The van der Waals surface area contributed by atoms with E-state index in [-0.39, 0.29) is 29.7 Å². The van der Waals surface area contributed by atoms with Crippen molar-refractivity contribution in [1.82, 2.24) is 19.8 Å². The topological polar surface area (TPSA) is 93.2 Å². The number of aromatic nitrogens is 2. The molecule has 0 bridgehead atoms. The monoisotopic (exact) mass is 531 g/mol. The Balaban J connectivity index is 1.38. The standard InChI is InChI=1S/C30H37N5O2S/c1-20-12-13-21(2)22(14-20)16-34-19-32-26-15-27(30(37)33-25-11-7-6-10-24(25)31)35(17-28(26)34)29(36)18-38-23-8-4-3-5-9-23/h3-5,8-9,12-14,19,24-25,27H,6-7,10-11,15-18,31H2,1-2H3,(H,33,37). The van der Waals surface area contributed by atoms with Gasteiger partial charge in [0.05, 0.1) is 30.0 Å². The van der Waals surface area contributed by atoms with Crippen molar-refractivity contribution < 1.29 is 9.59 Å². The van der Waals surface area contributed by atoms with E-state index < -0.39 is 6.04 Å². The second-order valence-corrected chi connectivity index (χ2v) is 11.7. The Morgan fingerprint density at radius 1 is 1.11 bits per heavy atom. The van der Waals surface area contributed by atoms with Crippen LogP contribution in [0.2, 0.25) is 0 Å². The van der Waals surface area contributed by atoms with Gasteiger partial charge in [0.15, 0.2) is 0 Å². The molecule has 1 fully saturated rings. The summed E-state index contributed by atoms with van der Waals surface area (Å²) in [6.45, 7) is 5.26. The predicted molar refractivity (Wildman–Crippen MR) is 151 cm³/mol. The van der Waals surface area contributed by atoms with Gasteiger partial charge in [0, 0.05) is 29.9 Å². The minimum absolute atomic E-state index is 0.0404. The molecule has 1 aliphatic carbocycles. The molecule has 3 aromatic rings. The van der Waals surface area contributed by atoms with Gasteiger partial charge in [-0.15, -0.1) is 11.8 Å². The second-order valence-electron chi connectivity index (χ2n) is 10.6. The fourth-order valence-electron chi connectivity index (χ4n) is 5.52. The zero-order valence-corrected chi connectivity index (χ0v) is 23.0. The highest BCUT2D eigenvalue weighted by molar-refractivity contribution is 8.00. The minimum atomic E-state index is -0.593. The summed E-state index contributed by atoms with van der Waals surface area (Å²) < 4.78 is 2.13. The number of carbonyl (C=O) groups is 2. The van der Waals surface area contributed by atoms with Crippen LogP contribution in [0.5, 0.6) is 0 Å². The summed E-state index contributed by atoms with van der Waals surface area (Å²) in [5, 5.41) is 3.19. The van der Waals surface area contributed by atoms with E-state index >= 15 is 0 Å². The van der Waals surface area contributed by atoms with Crippen LogP contribution < -0.4 is 11.1 Å². The summed E-state index contributed by atoms with van der Waals surface area (Å²) in [5.74, 6) is 0.106. The van der Waals surface area contributed by atoms with Crippen molar-refractivity contribution in [3.8, 4) is 0 Å². The van der Waals surface area contributed by atoms with E-state index in [0.717, 1.165) is 42.0 Å². The molecule has 200 valence electrons. The summed E-state index contributed by atoms with van der Waals surface area (Å²) in [4.78, 5) is 34.7. The summed E-state index contributed by atoms with van der Waals surface area (Å²) in [5.41, 5.74) is 11.9. The van der Waals surface area contributed by atoms with Crippen molar-refractivity contribution in [2.24, 2.45) is 5.73 Å². The Morgan fingerprint density at radius 2 is 1.89 bits per heavy atom. The molecule has 2 aromatic carbocycles. The fraction of sp³-hybridized carbons (Fsp3) is 0.433. The van der Waals surface area contributed by atoms with Crippen LogP contribution in [0, 0.1) is 13.8 Å². The number of nitrogens with zero attached hydrogens (tertiary/aromatic N) is 3. The van der Waals surface area contributed by atoms with Crippen molar-refractivity contribution >= 4 is 23.6 Å². The number of carbonyl (C=O) groups excluding carboxylic acids is 2. The number of rotatable bonds is 7.